The van der Waals surface area contributed by atoms with Crippen LogP contribution in [-0.4, -0.2) is 40.9 Å². The molecule has 1 saturated heterocycles. The largest absolute Gasteiger partial charge is 0.504 e. The molecule has 116 valence electrons. The first-order valence-corrected chi connectivity index (χ1v) is 7.91. The summed E-state index contributed by atoms with van der Waals surface area (Å²) in [5.41, 5.74) is 0.672. The summed E-state index contributed by atoms with van der Waals surface area (Å²) in [5.74, 6) is 1.12. The van der Waals surface area contributed by atoms with Gasteiger partial charge in [-0.2, -0.15) is 0 Å². The van der Waals surface area contributed by atoms with Gasteiger partial charge in [-0.05, 0) is 37.0 Å². The minimum absolute atomic E-state index is 0.196. The van der Waals surface area contributed by atoms with Crippen LogP contribution in [0.5, 0.6) is 11.5 Å². The molecule has 0 bridgehead atoms. The fourth-order valence-corrected chi connectivity index (χ4v) is 3.88. The lowest BCUT2D eigenvalue weighted by molar-refractivity contribution is -0.0967. The fraction of sp³-hybridized carbons (Fsp3) is 0.647. The van der Waals surface area contributed by atoms with E-state index in [0.29, 0.717) is 11.7 Å². The van der Waals surface area contributed by atoms with Crippen molar-refractivity contribution in [2.45, 2.75) is 44.2 Å². The van der Waals surface area contributed by atoms with E-state index in [2.05, 4.69) is 4.90 Å². The molecule has 2 aliphatic rings. The highest BCUT2D eigenvalue weighted by molar-refractivity contribution is 5.41. The monoisotopic (exact) mass is 291 g/mol. The summed E-state index contributed by atoms with van der Waals surface area (Å²) in [4.78, 5) is 2.39. The molecule has 1 heterocycles. The van der Waals surface area contributed by atoms with Crippen molar-refractivity contribution in [2.75, 3.05) is 20.2 Å². The van der Waals surface area contributed by atoms with E-state index in [1.54, 1.807) is 13.2 Å². The number of likely N-dealkylation sites (tertiary alicyclic amines) is 1. The van der Waals surface area contributed by atoms with Gasteiger partial charge in [0.15, 0.2) is 11.5 Å². The number of hydrogen-bond acceptors (Lipinski definition) is 4. The summed E-state index contributed by atoms with van der Waals surface area (Å²) in [6.07, 6.45) is 5.39. The van der Waals surface area contributed by atoms with Crippen molar-refractivity contribution in [3.8, 4) is 11.5 Å². The Labute approximate surface area is 126 Å². The second kappa shape index (κ2) is 5.85. The van der Waals surface area contributed by atoms with E-state index in [4.69, 9.17) is 4.74 Å². The summed E-state index contributed by atoms with van der Waals surface area (Å²) >= 11 is 0. The molecule has 4 nitrogen and oxygen atoms in total. The smallest absolute Gasteiger partial charge is 0.160 e. The van der Waals surface area contributed by atoms with Gasteiger partial charge < -0.3 is 14.9 Å². The zero-order chi connectivity index (χ0) is 14.9. The van der Waals surface area contributed by atoms with Crippen LogP contribution in [-0.2, 0) is 6.54 Å². The number of aliphatic hydroxyl groups is 1. The highest BCUT2D eigenvalue weighted by Gasteiger charge is 2.42. The lowest BCUT2D eigenvalue weighted by Gasteiger charge is -2.47. The van der Waals surface area contributed by atoms with Gasteiger partial charge in [0.25, 0.3) is 0 Å². The summed E-state index contributed by atoms with van der Waals surface area (Å²) in [6, 6.07) is 5.59. The number of aromatic hydroxyl groups is 1. The zero-order valence-electron chi connectivity index (χ0n) is 12.7. The van der Waals surface area contributed by atoms with Crippen molar-refractivity contribution in [1.82, 2.24) is 4.90 Å². The molecule has 0 amide bonds. The molecule has 0 spiro atoms. The Bertz CT molecular complexity index is 505. The van der Waals surface area contributed by atoms with Crippen LogP contribution in [0.3, 0.4) is 0 Å². The molecule has 1 aromatic carbocycles. The maximum Gasteiger partial charge on any atom is 0.160 e. The van der Waals surface area contributed by atoms with Crippen molar-refractivity contribution in [3.63, 3.8) is 0 Å². The van der Waals surface area contributed by atoms with E-state index in [0.717, 1.165) is 44.5 Å². The molecule has 2 N–H and O–H groups in total. The summed E-state index contributed by atoms with van der Waals surface area (Å²) in [6.45, 7) is 2.72. The van der Waals surface area contributed by atoms with Crippen LogP contribution in [0, 0.1) is 5.92 Å². The molecule has 1 saturated carbocycles. The highest BCUT2D eigenvalue weighted by atomic mass is 16.5. The molecule has 21 heavy (non-hydrogen) atoms. The first-order valence-electron chi connectivity index (χ1n) is 7.91. The molecule has 1 aromatic rings. The lowest BCUT2D eigenvalue weighted by Crippen LogP contribution is -2.52. The third kappa shape index (κ3) is 3.01. The van der Waals surface area contributed by atoms with Gasteiger partial charge in [0, 0.05) is 25.6 Å². The molecule has 3 rings (SSSR count). The molecule has 2 unspecified atom stereocenters. The van der Waals surface area contributed by atoms with E-state index < -0.39 is 5.60 Å². The van der Waals surface area contributed by atoms with Gasteiger partial charge in [-0.15, -0.1) is 0 Å². The number of phenols is 1. The van der Waals surface area contributed by atoms with Crippen LogP contribution in [0.4, 0.5) is 0 Å². The minimum atomic E-state index is -0.420. The molecule has 4 heteroatoms. The number of piperidine rings is 1. The first kappa shape index (κ1) is 14.7. The normalized spacial score (nSPS) is 29.9. The molecule has 1 aliphatic heterocycles. The zero-order valence-corrected chi connectivity index (χ0v) is 12.7. The van der Waals surface area contributed by atoms with Crippen LogP contribution in [0.1, 0.15) is 37.7 Å². The second-order valence-electron chi connectivity index (χ2n) is 6.54. The van der Waals surface area contributed by atoms with E-state index in [9.17, 15) is 10.2 Å². The van der Waals surface area contributed by atoms with Crippen LogP contribution in [0.25, 0.3) is 0 Å². The number of rotatable bonds is 3. The third-order valence-corrected chi connectivity index (χ3v) is 5.16. The second-order valence-corrected chi connectivity index (χ2v) is 6.54. The lowest BCUT2D eigenvalue weighted by atomic mass is 9.71. The standard InChI is InChI=1S/C17H25NO3/c1-21-16-6-5-13(10-15(16)19)11-18-9-8-17(20)7-3-2-4-14(17)12-18/h5-6,10,14,19-20H,2-4,7-9,11-12H2,1H3. The molecule has 0 radical (unpaired) electrons. The summed E-state index contributed by atoms with van der Waals surface area (Å²) in [5, 5.41) is 20.6. The summed E-state index contributed by atoms with van der Waals surface area (Å²) in [7, 11) is 1.56. The number of benzene rings is 1. The van der Waals surface area contributed by atoms with Gasteiger partial charge in [0.1, 0.15) is 0 Å². The highest BCUT2D eigenvalue weighted by Crippen LogP contribution is 2.40. The average Bonchev–Trinajstić information content (AvgIpc) is 2.48. The number of ether oxygens (including phenoxy) is 1. The van der Waals surface area contributed by atoms with E-state index in [1.807, 2.05) is 12.1 Å². The molecule has 2 fully saturated rings. The van der Waals surface area contributed by atoms with Crippen molar-refractivity contribution >= 4 is 0 Å². The van der Waals surface area contributed by atoms with E-state index in [-0.39, 0.29) is 5.75 Å². The minimum Gasteiger partial charge on any atom is -0.504 e. The van der Waals surface area contributed by atoms with Crippen LogP contribution < -0.4 is 4.74 Å². The number of methoxy groups -OCH3 is 1. The molecule has 1 aliphatic carbocycles. The predicted molar refractivity (Wildman–Crippen MR) is 81.5 cm³/mol. The fourth-order valence-electron chi connectivity index (χ4n) is 3.88. The predicted octanol–water partition coefficient (Wildman–Crippen LogP) is 2.53. The number of hydrogen-bond donors (Lipinski definition) is 2. The van der Waals surface area contributed by atoms with E-state index in [1.165, 1.54) is 12.8 Å². The van der Waals surface area contributed by atoms with Gasteiger partial charge in [-0.25, -0.2) is 0 Å². The van der Waals surface area contributed by atoms with Gasteiger partial charge in [0.05, 0.1) is 12.7 Å². The number of fused-ring (bicyclic) bond motifs is 1. The Balaban J connectivity index is 1.65. The van der Waals surface area contributed by atoms with Gasteiger partial charge >= 0.3 is 0 Å². The van der Waals surface area contributed by atoms with Crippen LogP contribution in [0.15, 0.2) is 18.2 Å². The third-order valence-electron chi connectivity index (χ3n) is 5.16. The Kier molecular flexibility index (Phi) is 4.09. The van der Waals surface area contributed by atoms with Crippen molar-refractivity contribution in [1.29, 1.82) is 0 Å². The van der Waals surface area contributed by atoms with Gasteiger partial charge in [-0.1, -0.05) is 18.9 Å². The SMILES string of the molecule is COc1ccc(CN2CCC3(O)CCCCC3C2)cc1O. The Morgan fingerprint density at radius 3 is 2.95 bits per heavy atom. The van der Waals surface area contributed by atoms with Gasteiger partial charge in [0.2, 0.25) is 0 Å². The molecular weight excluding hydrogens is 266 g/mol. The average molecular weight is 291 g/mol. The number of phenolic OH excluding ortho intramolecular Hbond substituents is 1. The van der Waals surface area contributed by atoms with Crippen LogP contribution in [0.2, 0.25) is 0 Å². The molecule has 0 aromatic heterocycles. The van der Waals surface area contributed by atoms with Crippen molar-refractivity contribution in [3.05, 3.63) is 23.8 Å². The van der Waals surface area contributed by atoms with Crippen LogP contribution >= 0.6 is 0 Å². The Morgan fingerprint density at radius 2 is 2.19 bits per heavy atom. The summed E-state index contributed by atoms with van der Waals surface area (Å²) < 4.78 is 5.08. The maximum absolute atomic E-state index is 10.7. The number of nitrogens with zero attached hydrogens (tertiary/aromatic N) is 1. The quantitative estimate of drug-likeness (QED) is 0.898. The Hall–Kier alpha value is -1.26. The Morgan fingerprint density at radius 1 is 1.33 bits per heavy atom. The van der Waals surface area contributed by atoms with E-state index >= 15 is 0 Å². The molecular formula is C17H25NO3. The van der Waals surface area contributed by atoms with Gasteiger partial charge in [-0.3, -0.25) is 4.90 Å². The van der Waals surface area contributed by atoms with Crippen molar-refractivity contribution < 1.29 is 14.9 Å². The topological polar surface area (TPSA) is 52.9 Å². The first-order chi connectivity index (χ1) is 10.1. The maximum atomic E-state index is 10.7. The van der Waals surface area contributed by atoms with Crippen molar-refractivity contribution in [2.24, 2.45) is 5.92 Å². The molecule has 2 atom stereocenters.